The van der Waals surface area contributed by atoms with Gasteiger partial charge in [-0.05, 0) is 37.5 Å². The van der Waals surface area contributed by atoms with Gasteiger partial charge in [-0.3, -0.25) is 0 Å². The number of aromatic nitrogens is 2. The molecule has 20 heavy (non-hydrogen) atoms. The van der Waals surface area contributed by atoms with Gasteiger partial charge in [-0.15, -0.1) is 0 Å². The van der Waals surface area contributed by atoms with E-state index in [9.17, 15) is 0 Å². The molecule has 0 bridgehead atoms. The van der Waals surface area contributed by atoms with Crippen molar-refractivity contribution < 1.29 is 0 Å². The van der Waals surface area contributed by atoms with Crippen LogP contribution in [0.25, 0.3) is 0 Å². The lowest BCUT2D eigenvalue weighted by atomic mass is 9.82. The monoisotopic (exact) mass is 277 g/mol. The van der Waals surface area contributed by atoms with Gasteiger partial charge in [0.05, 0.1) is 12.0 Å². The van der Waals surface area contributed by atoms with Gasteiger partial charge in [0.15, 0.2) is 0 Å². The molecule has 2 unspecified atom stereocenters. The van der Waals surface area contributed by atoms with Crippen LogP contribution >= 0.6 is 0 Å². The smallest absolute Gasteiger partial charge is 0.0951 e. The van der Waals surface area contributed by atoms with Gasteiger partial charge in [0, 0.05) is 18.3 Å². The Morgan fingerprint density at radius 1 is 1.30 bits per heavy atom. The van der Waals surface area contributed by atoms with E-state index in [0.29, 0.717) is 12.0 Å². The molecule has 2 atom stereocenters. The highest BCUT2D eigenvalue weighted by Gasteiger charge is 2.26. The molecule has 1 fully saturated rings. The minimum absolute atomic E-state index is 0.121. The highest BCUT2D eigenvalue weighted by molar-refractivity contribution is 5.07. The molecule has 1 heterocycles. The lowest BCUT2D eigenvalue weighted by Gasteiger charge is -2.32. The molecule has 2 rings (SSSR count). The van der Waals surface area contributed by atoms with Crippen LogP contribution in [0.4, 0.5) is 0 Å². The summed E-state index contributed by atoms with van der Waals surface area (Å²) >= 11 is 0. The maximum Gasteiger partial charge on any atom is 0.0951 e. The highest BCUT2D eigenvalue weighted by atomic mass is 15.1. The molecule has 0 aliphatic heterocycles. The number of rotatable bonds is 6. The third-order valence-corrected chi connectivity index (χ3v) is 4.77. The fourth-order valence-corrected chi connectivity index (χ4v) is 3.78. The zero-order chi connectivity index (χ0) is 14.5. The van der Waals surface area contributed by atoms with E-state index in [1.807, 2.05) is 12.5 Å². The molecule has 114 valence electrons. The van der Waals surface area contributed by atoms with Gasteiger partial charge < -0.3 is 10.3 Å². The zero-order valence-electron chi connectivity index (χ0n) is 13.4. The first kappa shape index (κ1) is 15.6. The summed E-state index contributed by atoms with van der Waals surface area (Å²) in [5.41, 5.74) is 7.63. The molecule has 0 spiro atoms. The molecule has 1 aliphatic rings. The van der Waals surface area contributed by atoms with Crippen molar-refractivity contribution >= 4 is 0 Å². The quantitative estimate of drug-likeness (QED) is 0.834. The van der Waals surface area contributed by atoms with Crippen molar-refractivity contribution in [1.82, 2.24) is 9.55 Å². The second kappa shape index (κ2) is 7.26. The molecule has 0 aromatic carbocycles. The molecular weight excluding hydrogens is 246 g/mol. The van der Waals surface area contributed by atoms with Crippen LogP contribution in [0.3, 0.4) is 0 Å². The molecule has 3 heteroatoms. The Morgan fingerprint density at radius 2 is 2.00 bits per heavy atom. The van der Waals surface area contributed by atoms with Crippen LogP contribution in [0.2, 0.25) is 0 Å². The maximum absolute atomic E-state index is 6.40. The van der Waals surface area contributed by atoms with Crippen LogP contribution in [0.5, 0.6) is 0 Å². The third kappa shape index (κ3) is 3.63. The van der Waals surface area contributed by atoms with Crippen LogP contribution in [-0.2, 0) is 0 Å². The van der Waals surface area contributed by atoms with Crippen LogP contribution in [0.1, 0.15) is 83.5 Å². The normalized spacial score (nSPS) is 20.2. The molecule has 1 aliphatic carbocycles. The summed E-state index contributed by atoms with van der Waals surface area (Å²) in [6.45, 7) is 6.77. The first-order chi connectivity index (χ1) is 9.63. The fraction of sp³-hybridized carbons (Fsp3) is 0.824. The third-order valence-electron chi connectivity index (χ3n) is 4.77. The maximum atomic E-state index is 6.40. The number of hydrogen-bond acceptors (Lipinski definition) is 2. The average molecular weight is 277 g/mol. The van der Waals surface area contributed by atoms with Gasteiger partial charge >= 0.3 is 0 Å². The number of nitrogens with zero attached hydrogens (tertiary/aromatic N) is 2. The standard InChI is InChI=1S/C17H31N3/c1-4-16(14-8-6-5-7-9-14)20-12-19-11-17(20)15(18)10-13(2)3/h11-16H,4-10,18H2,1-3H3. The molecule has 0 radical (unpaired) electrons. The number of imidazole rings is 1. The van der Waals surface area contributed by atoms with Crippen molar-refractivity contribution in [2.75, 3.05) is 0 Å². The van der Waals surface area contributed by atoms with Crippen LogP contribution < -0.4 is 5.73 Å². The van der Waals surface area contributed by atoms with Gasteiger partial charge in [0.2, 0.25) is 0 Å². The van der Waals surface area contributed by atoms with E-state index in [1.54, 1.807) is 0 Å². The van der Waals surface area contributed by atoms with E-state index in [2.05, 4.69) is 30.3 Å². The van der Waals surface area contributed by atoms with Crippen LogP contribution in [-0.4, -0.2) is 9.55 Å². The second-order valence-corrected chi connectivity index (χ2v) is 6.84. The molecule has 3 nitrogen and oxygen atoms in total. The van der Waals surface area contributed by atoms with Crippen LogP contribution in [0.15, 0.2) is 12.5 Å². The van der Waals surface area contributed by atoms with E-state index >= 15 is 0 Å². The first-order valence-corrected chi connectivity index (χ1v) is 8.40. The largest absolute Gasteiger partial charge is 0.330 e. The van der Waals surface area contributed by atoms with Crippen molar-refractivity contribution in [1.29, 1.82) is 0 Å². The molecule has 1 aromatic heterocycles. The Morgan fingerprint density at radius 3 is 2.60 bits per heavy atom. The second-order valence-electron chi connectivity index (χ2n) is 6.84. The van der Waals surface area contributed by atoms with Crippen molar-refractivity contribution in [2.24, 2.45) is 17.6 Å². The zero-order valence-corrected chi connectivity index (χ0v) is 13.4. The summed E-state index contributed by atoms with van der Waals surface area (Å²) in [6.07, 6.45) is 13.2. The summed E-state index contributed by atoms with van der Waals surface area (Å²) in [4.78, 5) is 4.40. The van der Waals surface area contributed by atoms with E-state index in [-0.39, 0.29) is 6.04 Å². The minimum atomic E-state index is 0.121. The predicted molar refractivity (Wildman–Crippen MR) is 84.5 cm³/mol. The van der Waals surface area contributed by atoms with Crippen molar-refractivity contribution in [3.8, 4) is 0 Å². The molecule has 2 N–H and O–H groups in total. The number of hydrogen-bond donors (Lipinski definition) is 1. The molecular formula is C17H31N3. The summed E-state index contributed by atoms with van der Waals surface area (Å²) in [5.74, 6) is 1.44. The van der Waals surface area contributed by atoms with E-state index in [1.165, 1.54) is 44.2 Å². The summed E-state index contributed by atoms with van der Waals surface area (Å²) in [6, 6.07) is 0.709. The SMILES string of the molecule is CCC(C1CCCCC1)n1cncc1C(N)CC(C)C. The summed E-state index contributed by atoms with van der Waals surface area (Å²) < 4.78 is 2.39. The summed E-state index contributed by atoms with van der Waals surface area (Å²) in [5, 5.41) is 0. The Hall–Kier alpha value is -0.830. The van der Waals surface area contributed by atoms with E-state index in [4.69, 9.17) is 5.73 Å². The summed E-state index contributed by atoms with van der Waals surface area (Å²) in [7, 11) is 0. The average Bonchev–Trinajstić information content (AvgIpc) is 2.89. The first-order valence-electron chi connectivity index (χ1n) is 8.40. The van der Waals surface area contributed by atoms with Crippen LogP contribution in [0, 0.1) is 11.8 Å². The van der Waals surface area contributed by atoms with Gasteiger partial charge in [0.25, 0.3) is 0 Å². The predicted octanol–water partition coefficient (Wildman–Crippen LogP) is 4.46. The Bertz CT molecular complexity index is 391. The van der Waals surface area contributed by atoms with Gasteiger partial charge in [-0.25, -0.2) is 4.98 Å². The fourth-order valence-electron chi connectivity index (χ4n) is 3.78. The molecule has 0 amide bonds. The molecule has 1 aromatic rings. The van der Waals surface area contributed by atoms with E-state index < -0.39 is 0 Å². The van der Waals surface area contributed by atoms with Gasteiger partial charge in [-0.1, -0.05) is 40.0 Å². The Kier molecular flexibility index (Phi) is 5.64. The highest BCUT2D eigenvalue weighted by Crippen LogP contribution is 2.36. The van der Waals surface area contributed by atoms with Crippen molar-refractivity contribution in [2.45, 2.75) is 77.8 Å². The number of nitrogens with two attached hydrogens (primary N) is 1. The topological polar surface area (TPSA) is 43.8 Å². The molecule has 1 saturated carbocycles. The molecule has 0 saturated heterocycles. The lowest BCUT2D eigenvalue weighted by Crippen LogP contribution is -2.25. The lowest BCUT2D eigenvalue weighted by molar-refractivity contribution is 0.236. The Balaban J connectivity index is 2.15. The van der Waals surface area contributed by atoms with Gasteiger partial charge in [0.1, 0.15) is 0 Å². The Labute approximate surface area is 124 Å². The van der Waals surface area contributed by atoms with Crippen molar-refractivity contribution in [3.05, 3.63) is 18.2 Å². The van der Waals surface area contributed by atoms with E-state index in [0.717, 1.165) is 12.3 Å². The minimum Gasteiger partial charge on any atom is -0.330 e. The van der Waals surface area contributed by atoms with Gasteiger partial charge in [-0.2, -0.15) is 0 Å². The van der Waals surface area contributed by atoms with Crippen molar-refractivity contribution in [3.63, 3.8) is 0 Å².